The van der Waals surface area contributed by atoms with Crippen molar-refractivity contribution in [2.24, 2.45) is 0 Å². The lowest BCUT2D eigenvalue weighted by atomic mass is 9.91. The van der Waals surface area contributed by atoms with Crippen molar-refractivity contribution in [1.29, 1.82) is 0 Å². The van der Waals surface area contributed by atoms with Gasteiger partial charge in [0.1, 0.15) is 17.3 Å². The molecule has 1 aliphatic heterocycles. The lowest BCUT2D eigenvalue weighted by molar-refractivity contribution is -0.140. The first-order chi connectivity index (χ1) is 16.2. The van der Waals surface area contributed by atoms with Crippen LogP contribution in [0, 0.1) is 6.92 Å². The SMILES string of the molecule is CCOc1ccc(C2/C(=C(\O)c3cc(C(C)C)c(OC)cc3C)C(=O)C(=O)N2CCOC)cc1. The van der Waals surface area contributed by atoms with Crippen LogP contribution in [-0.4, -0.2) is 55.7 Å². The zero-order chi connectivity index (χ0) is 25.0. The fourth-order valence-corrected chi connectivity index (χ4v) is 4.29. The monoisotopic (exact) mass is 467 g/mol. The van der Waals surface area contributed by atoms with Gasteiger partial charge >= 0.3 is 0 Å². The molecule has 1 heterocycles. The van der Waals surface area contributed by atoms with E-state index in [4.69, 9.17) is 14.2 Å². The van der Waals surface area contributed by atoms with E-state index in [-0.39, 0.29) is 30.4 Å². The number of ether oxygens (including phenoxy) is 3. The van der Waals surface area contributed by atoms with E-state index >= 15 is 0 Å². The fourth-order valence-electron chi connectivity index (χ4n) is 4.29. The molecule has 34 heavy (non-hydrogen) atoms. The molecule has 1 aliphatic rings. The molecule has 2 aromatic rings. The van der Waals surface area contributed by atoms with Crippen LogP contribution in [0.15, 0.2) is 42.0 Å². The molecule has 0 saturated carbocycles. The number of hydrogen-bond donors (Lipinski definition) is 1. The molecule has 0 aliphatic carbocycles. The maximum Gasteiger partial charge on any atom is 0.295 e. The Labute approximate surface area is 200 Å². The molecule has 1 saturated heterocycles. The van der Waals surface area contributed by atoms with Crippen LogP contribution in [0.4, 0.5) is 0 Å². The molecule has 7 heteroatoms. The number of amides is 1. The quantitative estimate of drug-likeness (QED) is 0.330. The minimum atomic E-state index is -0.741. The predicted molar refractivity (Wildman–Crippen MR) is 130 cm³/mol. The van der Waals surface area contributed by atoms with Crippen LogP contribution >= 0.6 is 0 Å². The fraction of sp³-hybridized carbons (Fsp3) is 0.407. The van der Waals surface area contributed by atoms with Crippen molar-refractivity contribution in [3.05, 3.63) is 64.2 Å². The van der Waals surface area contributed by atoms with Crippen LogP contribution in [0.25, 0.3) is 5.76 Å². The van der Waals surface area contributed by atoms with Gasteiger partial charge in [0.05, 0.1) is 31.9 Å². The van der Waals surface area contributed by atoms with Crippen molar-refractivity contribution in [3.63, 3.8) is 0 Å². The van der Waals surface area contributed by atoms with E-state index in [1.807, 2.05) is 52.0 Å². The van der Waals surface area contributed by atoms with Crippen LogP contribution in [0.1, 0.15) is 55.0 Å². The summed E-state index contributed by atoms with van der Waals surface area (Å²) in [5.74, 6) is -0.0332. The van der Waals surface area contributed by atoms with Crippen LogP contribution in [0.3, 0.4) is 0 Å². The predicted octanol–water partition coefficient (Wildman–Crippen LogP) is 4.59. The summed E-state index contributed by atoms with van der Waals surface area (Å²) in [4.78, 5) is 27.7. The highest BCUT2D eigenvalue weighted by Crippen LogP contribution is 2.41. The van der Waals surface area contributed by atoms with Gasteiger partial charge in [-0.25, -0.2) is 0 Å². The van der Waals surface area contributed by atoms with Crippen molar-refractivity contribution in [2.75, 3.05) is 34.0 Å². The molecule has 0 radical (unpaired) electrons. The van der Waals surface area contributed by atoms with Gasteiger partial charge in [-0.05, 0) is 60.7 Å². The smallest absolute Gasteiger partial charge is 0.295 e. The lowest BCUT2D eigenvalue weighted by Crippen LogP contribution is -2.32. The number of aryl methyl sites for hydroxylation is 1. The van der Waals surface area contributed by atoms with Crippen molar-refractivity contribution in [1.82, 2.24) is 4.90 Å². The van der Waals surface area contributed by atoms with Crippen LogP contribution in [0.5, 0.6) is 11.5 Å². The van der Waals surface area contributed by atoms with E-state index in [9.17, 15) is 14.7 Å². The van der Waals surface area contributed by atoms with Gasteiger partial charge in [0.2, 0.25) is 0 Å². The maximum absolute atomic E-state index is 13.2. The molecule has 1 atom stereocenters. The molecule has 2 aromatic carbocycles. The number of likely N-dealkylation sites (tertiary alicyclic amines) is 1. The number of aliphatic hydroxyl groups is 1. The maximum atomic E-state index is 13.2. The zero-order valence-electron chi connectivity index (χ0n) is 20.7. The number of nitrogens with zero attached hydrogens (tertiary/aromatic N) is 1. The van der Waals surface area contributed by atoms with Gasteiger partial charge in [0.15, 0.2) is 0 Å². The van der Waals surface area contributed by atoms with Gasteiger partial charge in [-0.3, -0.25) is 9.59 Å². The molecular formula is C27H33NO6. The van der Waals surface area contributed by atoms with Gasteiger partial charge in [-0.1, -0.05) is 26.0 Å². The van der Waals surface area contributed by atoms with Crippen molar-refractivity contribution in [2.45, 2.75) is 39.7 Å². The van der Waals surface area contributed by atoms with E-state index in [1.165, 1.54) is 12.0 Å². The van der Waals surface area contributed by atoms with Crippen molar-refractivity contribution < 1.29 is 28.9 Å². The number of hydrogen-bond acceptors (Lipinski definition) is 6. The number of benzene rings is 2. The second kappa shape index (κ2) is 10.7. The minimum absolute atomic E-state index is 0.0632. The third kappa shape index (κ3) is 4.80. The first-order valence-corrected chi connectivity index (χ1v) is 11.4. The Bertz CT molecular complexity index is 1090. The Morgan fingerprint density at radius 1 is 1.12 bits per heavy atom. The number of aliphatic hydroxyl groups excluding tert-OH is 1. The summed E-state index contributed by atoms with van der Waals surface area (Å²) >= 11 is 0. The number of Topliss-reactive ketones (excluding diaryl/α,β-unsaturated/α-hetero) is 1. The average Bonchev–Trinajstić information content (AvgIpc) is 3.07. The molecule has 1 N–H and O–H groups in total. The first kappa shape index (κ1) is 25.3. The van der Waals surface area contributed by atoms with E-state index in [0.29, 0.717) is 29.2 Å². The van der Waals surface area contributed by atoms with E-state index in [0.717, 1.165) is 11.1 Å². The number of carbonyl (C=O) groups excluding carboxylic acids is 2. The second-order valence-electron chi connectivity index (χ2n) is 8.55. The van der Waals surface area contributed by atoms with E-state index < -0.39 is 17.7 Å². The van der Waals surface area contributed by atoms with Gasteiger partial charge in [-0.2, -0.15) is 0 Å². The number of rotatable bonds is 9. The summed E-state index contributed by atoms with van der Waals surface area (Å²) in [7, 11) is 3.14. The van der Waals surface area contributed by atoms with Crippen LogP contribution in [-0.2, 0) is 14.3 Å². The minimum Gasteiger partial charge on any atom is -0.507 e. The number of carbonyl (C=O) groups is 2. The molecule has 3 rings (SSSR count). The van der Waals surface area contributed by atoms with Gasteiger partial charge in [-0.15, -0.1) is 0 Å². The molecular weight excluding hydrogens is 434 g/mol. The summed E-state index contributed by atoms with van der Waals surface area (Å²) in [5.41, 5.74) is 2.92. The molecule has 1 fully saturated rings. The van der Waals surface area contributed by atoms with Crippen molar-refractivity contribution in [3.8, 4) is 11.5 Å². The summed E-state index contributed by atoms with van der Waals surface area (Å²) < 4.78 is 16.2. The van der Waals surface area contributed by atoms with Crippen LogP contribution < -0.4 is 9.47 Å². The second-order valence-corrected chi connectivity index (χ2v) is 8.55. The summed E-state index contributed by atoms with van der Waals surface area (Å²) in [6.07, 6.45) is 0. The summed E-state index contributed by atoms with van der Waals surface area (Å²) in [5, 5.41) is 11.5. The number of ketones is 1. The summed E-state index contributed by atoms with van der Waals surface area (Å²) in [6.45, 7) is 8.81. The molecule has 1 amide bonds. The third-order valence-electron chi connectivity index (χ3n) is 6.04. The van der Waals surface area contributed by atoms with Gasteiger partial charge < -0.3 is 24.2 Å². The van der Waals surface area contributed by atoms with Crippen LogP contribution in [0.2, 0.25) is 0 Å². The lowest BCUT2D eigenvalue weighted by Gasteiger charge is -2.25. The zero-order valence-corrected chi connectivity index (χ0v) is 20.7. The standard InChI is InChI=1S/C27H33NO6/c1-7-34-19-10-8-18(9-11-19)24-23(26(30)27(31)28(24)12-13-32-5)25(29)21-15-20(16(2)3)22(33-6)14-17(21)4/h8-11,14-16,24,29H,7,12-13H2,1-6H3/b25-23+. The highest BCUT2D eigenvalue weighted by Gasteiger charge is 2.46. The molecule has 0 aromatic heterocycles. The largest absolute Gasteiger partial charge is 0.507 e. The van der Waals surface area contributed by atoms with E-state index in [2.05, 4.69) is 0 Å². The van der Waals surface area contributed by atoms with E-state index in [1.54, 1.807) is 19.2 Å². The molecule has 7 nitrogen and oxygen atoms in total. The van der Waals surface area contributed by atoms with Gasteiger partial charge in [0, 0.05) is 19.2 Å². The Hall–Kier alpha value is -3.32. The summed E-state index contributed by atoms with van der Waals surface area (Å²) in [6, 6.07) is 10.2. The Morgan fingerprint density at radius 3 is 2.35 bits per heavy atom. The first-order valence-electron chi connectivity index (χ1n) is 11.4. The topological polar surface area (TPSA) is 85.3 Å². The Balaban J connectivity index is 2.20. The van der Waals surface area contributed by atoms with Crippen molar-refractivity contribution >= 4 is 17.4 Å². The molecule has 0 spiro atoms. The highest BCUT2D eigenvalue weighted by atomic mass is 16.5. The number of methoxy groups -OCH3 is 2. The molecule has 182 valence electrons. The third-order valence-corrected chi connectivity index (χ3v) is 6.04. The highest BCUT2D eigenvalue weighted by molar-refractivity contribution is 6.46. The normalized spacial score (nSPS) is 17.5. The average molecular weight is 468 g/mol. The molecule has 1 unspecified atom stereocenters. The molecule has 0 bridgehead atoms. The Morgan fingerprint density at radius 2 is 1.79 bits per heavy atom. The Kier molecular flexibility index (Phi) is 7.99. The van der Waals surface area contributed by atoms with Gasteiger partial charge in [0.25, 0.3) is 11.7 Å².